The van der Waals surface area contributed by atoms with Crippen LogP contribution in [0.25, 0.3) is 0 Å². The van der Waals surface area contributed by atoms with E-state index >= 15 is 0 Å². The number of anilines is 1. The average Bonchev–Trinajstić information content (AvgIpc) is 3.14. The molecule has 2 aromatic heterocycles. The van der Waals surface area contributed by atoms with Gasteiger partial charge in [0.25, 0.3) is 5.91 Å². The number of hydrogen-bond acceptors (Lipinski definition) is 5. The summed E-state index contributed by atoms with van der Waals surface area (Å²) in [7, 11) is 5.55. The molecular formula is C16H25N7O. The number of carbonyl (C=O) groups excluding carboxylic acids is 1. The van der Waals surface area contributed by atoms with Gasteiger partial charge in [0.1, 0.15) is 0 Å². The molecule has 1 saturated carbocycles. The molecule has 3 rings (SSSR count). The van der Waals surface area contributed by atoms with E-state index in [-0.39, 0.29) is 17.8 Å². The number of amides is 1. The van der Waals surface area contributed by atoms with E-state index in [4.69, 9.17) is 0 Å². The van der Waals surface area contributed by atoms with E-state index < -0.39 is 0 Å². The first-order valence-corrected chi connectivity index (χ1v) is 8.34. The lowest BCUT2D eigenvalue weighted by Crippen LogP contribution is -2.38. The van der Waals surface area contributed by atoms with Gasteiger partial charge in [-0.2, -0.15) is 10.1 Å². The van der Waals surface area contributed by atoms with Gasteiger partial charge in [0, 0.05) is 33.4 Å². The Labute approximate surface area is 141 Å². The second-order valence-corrected chi connectivity index (χ2v) is 6.73. The minimum atomic E-state index is -0.197. The van der Waals surface area contributed by atoms with Gasteiger partial charge in [0.15, 0.2) is 0 Å². The number of nitrogens with zero attached hydrogens (tertiary/aromatic N) is 6. The Morgan fingerprint density at radius 2 is 2.00 bits per heavy atom. The maximum absolute atomic E-state index is 12.4. The highest BCUT2D eigenvalue weighted by Crippen LogP contribution is 2.28. The highest BCUT2D eigenvalue weighted by atomic mass is 16.2. The van der Waals surface area contributed by atoms with E-state index in [1.165, 1.54) is 5.56 Å². The number of nitrogens with one attached hydrogen (secondary N) is 1. The largest absolute Gasteiger partial charge is 0.347 e. The molecule has 8 heteroatoms. The number of aryl methyl sites for hydroxylation is 2. The number of carbonyl (C=O) groups is 1. The van der Waals surface area contributed by atoms with Crippen LogP contribution >= 0.6 is 0 Å². The molecule has 2 heterocycles. The van der Waals surface area contributed by atoms with Gasteiger partial charge < -0.3 is 10.2 Å². The molecule has 0 spiro atoms. The van der Waals surface area contributed by atoms with Crippen molar-refractivity contribution in [3.63, 3.8) is 0 Å². The van der Waals surface area contributed by atoms with Crippen LogP contribution in [0.4, 0.5) is 5.95 Å². The lowest BCUT2D eigenvalue weighted by Gasteiger charge is -2.29. The van der Waals surface area contributed by atoms with Crippen LogP contribution in [-0.4, -0.2) is 50.6 Å². The number of rotatable bonds is 4. The van der Waals surface area contributed by atoms with Crippen LogP contribution in [0.3, 0.4) is 0 Å². The predicted octanol–water partition coefficient (Wildman–Crippen LogP) is 1.30. The van der Waals surface area contributed by atoms with Crippen LogP contribution in [-0.2, 0) is 7.05 Å². The second-order valence-electron chi connectivity index (χ2n) is 6.73. The Bertz CT molecular complexity index is 710. The SMILES string of the molecule is Cc1cnn(C2CCC(NC(=O)c3nc(N(C)C)n(C)n3)CC2)c1. The Kier molecular flexibility index (Phi) is 4.55. The fourth-order valence-corrected chi connectivity index (χ4v) is 3.23. The summed E-state index contributed by atoms with van der Waals surface area (Å²) in [4.78, 5) is 18.5. The van der Waals surface area contributed by atoms with Crippen molar-refractivity contribution in [2.75, 3.05) is 19.0 Å². The third-order valence-electron chi connectivity index (χ3n) is 4.48. The average molecular weight is 331 g/mol. The molecule has 1 amide bonds. The van der Waals surface area contributed by atoms with E-state index in [1.54, 1.807) is 11.7 Å². The minimum absolute atomic E-state index is 0.178. The summed E-state index contributed by atoms with van der Waals surface area (Å²) in [5.41, 5.74) is 1.18. The zero-order valence-electron chi connectivity index (χ0n) is 14.7. The first-order valence-electron chi connectivity index (χ1n) is 8.34. The molecule has 8 nitrogen and oxygen atoms in total. The van der Waals surface area contributed by atoms with Crippen molar-refractivity contribution >= 4 is 11.9 Å². The van der Waals surface area contributed by atoms with Gasteiger partial charge in [-0.15, -0.1) is 5.10 Å². The monoisotopic (exact) mass is 331 g/mol. The summed E-state index contributed by atoms with van der Waals surface area (Å²) in [6, 6.07) is 0.609. The van der Waals surface area contributed by atoms with Crippen molar-refractivity contribution < 1.29 is 4.79 Å². The second kappa shape index (κ2) is 6.62. The van der Waals surface area contributed by atoms with Crippen molar-refractivity contribution in [1.82, 2.24) is 29.9 Å². The fraction of sp³-hybridized carbons (Fsp3) is 0.625. The van der Waals surface area contributed by atoms with Crippen molar-refractivity contribution in [1.29, 1.82) is 0 Å². The minimum Gasteiger partial charge on any atom is -0.347 e. The first kappa shape index (κ1) is 16.5. The summed E-state index contributed by atoms with van der Waals surface area (Å²) in [6.07, 6.45) is 7.91. The van der Waals surface area contributed by atoms with Gasteiger partial charge in [0.05, 0.1) is 12.2 Å². The van der Waals surface area contributed by atoms with Crippen LogP contribution in [0.15, 0.2) is 12.4 Å². The maximum atomic E-state index is 12.4. The predicted molar refractivity (Wildman–Crippen MR) is 91.1 cm³/mol. The van der Waals surface area contributed by atoms with E-state index in [1.807, 2.05) is 25.2 Å². The molecule has 1 aliphatic carbocycles. The third kappa shape index (κ3) is 3.42. The van der Waals surface area contributed by atoms with Crippen molar-refractivity contribution in [2.24, 2.45) is 7.05 Å². The first-order chi connectivity index (χ1) is 11.4. The highest BCUT2D eigenvalue weighted by Gasteiger charge is 2.25. The van der Waals surface area contributed by atoms with E-state index in [0.29, 0.717) is 12.0 Å². The van der Waals surface area contributed by atoms with Crippen LogP contribution in [0.2, 0.25) is 0 Å². The molecule has 0 aliphatic heterocycles. The molecule has 0 atom stereocenters. The lowest BCUT2D eigenvalue weighted by atomic mass is 9.91. The maximum Gasteiger partial charge on any atom is 0.291 e. The molecule has 2 aromatic rings. The molecule has 0 radical (unpaired) electrons. The van der Waals surface area contributed by atoms with E-state index in [9.17, 15) is 4.79 Å². The Morgan fingerprint density at radius 3 is 2.54 bits per heavy atom. The van der Waals surface area contributed by atoms with E-state index in [2.05, 4.69) is 38.3 Å². The van der Waals surface area contributed by atoms with Gasteiger partial charge in [-0.1, -0.05) is 0 Å². The van der Waals surface area contributed by atoms with Crippen molar-refractivity contribution in [3.8, 4) is 0 Å². The van der Waals surface area contributed by atoms with Gasteiger partial charge in [0.2, 0.25) is 11.8 Å². The number of hydrogen-bond donors (Lipinski definition) is 1. The summed E-state index contributed by atoms with van der Waals surface area (Å²) in [5.74, 6) is 0.695. The van der Waals surface area contributed by atoms with Crippen LogP contribution in [0.1, 0.15) is 47.9 Å². The molecule has 1 aliphatic rings. The third-order valence-corrected chi connectivity index (χ3v) is 4.48. The van der Waals surface area contributed by atoms with Gasteiger partial charge >= 0.3 is 0 Å². The Morgan fingerprint density at radius 1 is 1.29 bits per heavy atom. The molecule has 0 bridgehead atoms. The molecule has 1 fully saturated rings. The van der Waals surface area contributed by atoms with Crippen LogP contribution in [0.5, 0.6) is 0 Å². The molecule has 0 aromatic carbocycles. The smallest absolute Gasteiger partial charge is 0.291 e. The van der Waals surface area contributed by atoms with Gasteiger partial charge in [-0.05, 0) is 38.2 Å². The van der Waals surface area contributed by atoms with Crippen LogP contribution < -0.4 is 10.2 Å². The standard InChI is InChI=1S/C16H25N7O/c1-11-9-17-23(10-11)13-7-5-12(6-8-13)18-15(24)14-19-16(21(2)3)22(4)20-14/h9-10,12-13H,5-8H2,1-4H3,(H,18,24). The van der Waals surface area contributed by atoms with E-state index in [0.717, 1.165) is 25.7 Å². The topological polar surface area (TPSA) is 80.9 Å². The molecule has 1 N–H and O–H groups in total. The van der Waals surface area contributed by atoms with Crippen molar-refractivity contribution in [2.45, 2.75) is 44.7 Å². The summed E-state index contributed by atoms with van der Waals surface area (Å²) >= 11 is 0. The Hall–Kier alpha value is -2.38. The quantitative estimate of drug-likeness (QED) is 0.913. The number of aromatic nitrogens is 5. The lowest BCUT2D eigenvalue weighted by molar-refractivity contribution is 0.0911. The fourth-order valence-electron chi connectivity index (χ4n) is 3.23. The van der Waals surface area contributed by atoms with Gasteiger partial charge in [-0.25, -0.2) is 4.68 Å². The van der Waals surface area contributed by atoms with Crippen molar-refractivity contribution in [3.05, 3.63) is 23.8 Å². The van der Waals surface area contributed by atoms with Gasteiger partial charge in [-0.3, -0.25) is 9.48 Å². The summed E-state index contributed by atoms with van der Waals surface area (Å²) in [5, 5.41) is 11.7. The zero-order valence-corrected chi connectivity index (χ0v) is 14.7. The molecule has 0 saturated heterocycles. The highest BCUT2D eigenvalue weighted by molar-refractivity contribution is 5.90. The Balaban J connectivity index is 1.56. The normalized spacial score (nSPS) is 20.8. The molecule has 24 heavy (non-hydrogen) atoms. The van der Waals surface area contributed by atoms with Crippen LogP contribution in [0, 0.1) is 6.92 Å². The molecule has 130 valence electrons. The summed E-state index contributed by atoms with van der Waals surface area (Å²) in [6.45, 7) is 2.05. The zero-order chi connectivity index (χ0) is 17.3. The molecular weight excluding hydrogens is 306 g/mol. The summed E-state index contributed by atoms with van der Waals surface area (Å²) < 4.78 is 3.67. The molecule has 0 unspecified atom stereocenters.